The molecule has 2 aliphatic rings. The van der Waals surface area contributed by atoms with Gasteiger partial charge in [-0.15, -0.1) is 0 Å². The summed E-state index contributed by atoms with van der Waals surface area (Å²) in [7, 11) is 0. The largest absolute Gasteiger partial charge is 0.444 e. The highest BCUT2D eigenvalue weighted by Gasteiger charge is 2.30. The van der Waals surface area contributed by atoms with E-state index >= 15 is 0 Å². The minimum atomic E-state index is -0.257. The average Bonchev–Trinajstić information content (AvgIpc) is 3.15. The summed E-state index contributed by atoms with van der Waals surface area (Å²) in [5, 5.41) is 0. The van der Waals surface area contributed by atoms with Crippen LogP contribution in [0.4, 0.5) is 16.2 Å². The molecule has 2 unspecified atom stereocenters. The Hall–Kier alpha value is -1.75. The predicted molar refractivity (Wildman–Crippen MR) is 88.6 cm³/mol. The Labute approximate surface area is 132 Å². The van der Waals surface area contributed by atoms with Gasteiger partial charge in [0, 0.05) is 24.5 Å². The number of benzene rings is 1. The zero-order valence-electron chi connectivity index (χ0n) is 13.4. The molecule has 0 bridgehead atoms. The van der Waals surface area contributed by atoms with Crippen LogP contribution < -0.4 is 15.5 Å². The van der Waals surface area contributed by atoms with Gasteiger partial charge < -0.3 is 15.4 Å². The second-order valence-electron chi connectivity index (χ2n) is 6.38. The van der Waals surface area contributed by atoms with Crippen molar-refractivity contribution in [1.29, 1.82) is 0 Å². The quantitative estimate of drug-likeness (QED) is 0.929. The van der Waals surface area contributed by atoms with Crippen molar-refractivity contribution in [3.8, 4) is 0 Å². The van der Waals surface area contributed by atoms with Crippen LogP contribution in [0.3, 0.4) is 0 Å². The maximum absolute atomic E-state index is 11.9. The lowest BCUT2D eigenvalue weighted by Crippen LogP contribution is -2.26. The zero-order chi connectivity index (χ0) is 15.7. The fourth-order valence-electron chi connectivity index (χ4n) is 3.29. The minimum Gasteiger partial charge on any atom is -0.444 e. The third-order valence-corrected chi connectivity index (χ3v) is 4.62. The number of cyclic esters (lactones) is 1. The molecule has 2 fully saturated rings. The van der Waals surface area contributed by atoms with Crippen molar-refractivity contribution in [2.75, 3.05) is 36.0 Å². The van der Waals surface area contributed by atoms with Gasteiger partial charge in [-0.25, -0.2) is 4.79 Å². The normalized spacial score (nSPS) is 23.0. The van der Waals surface area contributed by atoms with E-state index in [0.717, 1.165) is 18.8 Å². The molecule has 5 heteroatoms. The van der Waals surface area contributed by atoms with E-state index < -0.39 is 0 Å². The van der Waals surface area contributed by atoms with Crippen LogP contribution in [0.1, 0.15) is 38.2 Å². The molecule has 0 radical (unpaired) electrons. The number of hydrogen-bond acceptors (Lipinski definition) is 4. The summed E-state index contributed by atoms with van der Waals surface area (Å²) >= 11 is 0. The average molecular weight is 303 g/mol. The number of carbonyl (C=O) groups excluding carboxylic acids is 1. The van der Waals surface area contributed by atoms with E-state index in [9.17, 15) is 4.79 Å². The molecule has 1 aromatic rings. The maximum atomic E-state index is 11.9. The first-order chi connectivity index (χ1) is 10.6. The zero-order valence-corrected chi connectivity index (χ0v) is 13.4. The molecule has 2 N–H and O–H groups in total. The van der Waals surface area contributed by atoms with Crippen LogP contribution >= 0.6 is 0 Å². The van der Waals surface area contributed by atoms with Gasteiger partial charge in [0.2, 0.25) is 0 Å². The van der Waals surface area contributed by atoms with Crippen LogP contribution in [-0.4, -0.2) is 38.4 Å². The summed E-state index contributed by atoms with van der Waals surface area (Å²) < 4.78 is 5.24. The monoisotopic (exact) mass is 303 g/mol. The molecule has 2 atom stereocenters. The summed E-state index contributed by atoms with van der Waals surface area (Å²) in [5.41, 5.74) is 9.31. The van der Waals surface area contributed by atoms with Crippen LogP contribution in [0.25, 0.3) is 0 Å². The second-order valence-corrected chi connectivity index (χ2v) is 6.38. The van der Waals surface area contributed by atoms with Crippen LogP contribution in [0.2, 0.25) is 0 Å². The molecule has 2 saturated heterocycles. The first-order valence-corrected chi connectivity index (χ1v) is 8.17. The molecule has 1 amide bonds. The van der Waals surface area contributed by atoms with Crippen LogP contribution in [0.5, 0.6) is 0 Å². The Bertz CT molecular complexity index is 555. The molecule has 0 aromatic heterocycles. The summed E-state index contributed by atoms with van der Waals surface area (Å²) in [6.45, 7) is 7.48. The molecule has 2 heterocycles. The fourth-order valence-corrected chi connectivity index (χ4v) is 3.29. The first-order valence-electron chi connectivity index (χ1n) is 8.17. The molecule has 0 aliphatic carbocycles. The molecular weight excluding hydrogens is 278 g/mol. The van der Waals surface area contributed by atoms with Crippen molar-refractivity contribution >= 4 is 17.5 Å². The first kappa shape index (κ1) is 15.2. The van der Waals surface area contributed by atoms with Crippen LogP contribution in [-0.2, 0) is 4.74 Å². The molecule has 2 aliphatic heterocycles. The van der Waals surface area contributed by atoms with E-state index in [4.69, 9.17) is 10.5 Å². The SMILES string of the molecule is CC1CN(c2ccc(N3CCCC3)c(C(C)CN)c2)C(=O)O1. The van der Waals surface area contributed by atoms with Gasteiger partial charge in [0.15, 0.2) is 0 Å². The van der Waals surface area contributed by atoms with E-state index in [2.05, 4.69) is 24.0 Å². The number of rotatable bonds is 4. The van der Waals surface area contributed by atoms with Crippen molar-refractivity contribution in [3.63, 3.8) is 0 Å². The number of amides is 1. The molecule has 0 saturated carbocycles. The van der Waals surface area contributed by atoms with E-state index in [1.165, 1.54) is 24.1 Å². The van der Waals surface area contributed by atoms with Gasteiger partial charge in [-0.1, -0.05) is 6.92 Å². The Morgan fingerprint density at radius 3 is 2.68 bits per heavy atom. The van der Waals surface area contributed by atoms with E-state index in [1.54, 1.807) is 4.90 Å². The topological polar surface area (TPSA) is 58.8 Å². The Morgan fingerprint density at radius 1 is 1.36 bits per heavy atom. The van der Waals surface area contributed by atoms with Crippen molar-refractivity contribution in [3.05, 3.63) is 23.8 Å². The summed E-state index contributed by atoms with van der Waals surface area (Å²) in [5.74, 6) is 0.270. The van der Waals surface area contributed by atoms with E-state index in [0.29, 0.717) is 13.1 Å². The third-order valence-electron chi connectivity index (χ3n) is 4.62. The maximum Gasteiger partial charge on any atom is 0.414 e. The van der Waals surface area contributed by atoms with Crippen molar-refractivity contribution in [2.24, 2.45) is 5.73 Å². The van der Waals surface area contributed by atoms with Crippen molar-refractivity contribution in [1.82, 2.24) is 0 Å². The van der Waals surface area contributed by atoms with E-state index in [1.807, 2.05) is 13.0 Å². The third kappa shape index (κ3) is 2.77. The molecule has 1 aromatic carbocycles. The van der Waals surface area contributed by atoms with Gasteiger partial charge >= 0.3 is 6.09 Å². The molecule has 5 nitrogen and oxygen atoms in total. The lowest BCUT2D eigenvalue weighted by atomic mass is 9.97. The predicted octanol–water partition coefficient (Wildman–Crippen LogP) is 2.69. The number of carbonyl (C=O) groups is 1. The summed E-state index contributed by atoms with van der Waals surface area (Å²) in [4.78, 5) is 16.1. The lowest BCUT2D eigenvalue weighted by Gasteiger charge is -2.26. The van der Waals surface area contributed by atoms with Crippen molar-refractivity contribution < 1.29 is 9.53 Å². The van der Waals surface area contributed by atoms with E-state index in [-0.39, 0.29) is 18.1 Å². The molecular formula is C17H25N3O2. The summed E-state index contributed by atoms with van der Waals surface area (Å²) in [6.07, 6.45) is 2.18. The van der Waals surface area contributed by atoms with Gasteiger partial charge in [0.25, 0.3) is 0 Å². The highest BCUT2D eigenvalue weighted by atomic mass is 16.6. The minimum absolute atomic E-state index is 0.0545. The smallest absolute Gasteiger partial charge is 0.414 e. The Balaban J connectivity index is 1.95. The number of ether oxygens (including phenoxy) is 1. The molecule has 22 heavy (non-hydrogen) atoms. The summed E-state index contributed by atoms with van der Waals surface area (Å²) in [6, 6.07) is 6.28. The molecule has 120 valence electrons. The van der Waals surface area contributed by atoms with Crippen LogP contribution in [0, 0.1) is 0 Å². The van der Waals surface area contributed by atoms with Gasteiger partial charge in [-0.2, -0.15) is 0 Å². The number of anilines is 2. The Kier molecular flexibility index (Phi) is 4.25. The number of hydrogen-bond donors (Lipinski definition) is 1. The molecule has 0 spiro atoms. The van der Waals surface area contributed by atoms with Gasteiger partial charge in [-0.3, -0.25) is 4.90 Å². The molecule has 3 rings (SSSR count). The number of nitrogens with zero attached hydrogens (tertiary/aromatic N) is 2. The van der Waals surface area contributed by atoms with Crippen molar-refractivity contribution in [2.45, 2.75) is 38.7 Å². The van der Waals surface area contributed by atoms with Gasteiger partial charge in [0.1, 0.15) is 6.10 Å². The standard InChI is InChI=1S/C17H25N3O2/c1-12(10-18)15-9-14(20-11-13(2)22-17(20)21)5-6-16(15)19-7-3-4-8-19/h5-6,9,12-13H,3-4,7-8,10-11,18H2,1-2H3. The lowest BCUT2D eigenvalue weighted by molar-refractivity contribution is 0.150. The number of nitrogens with two attached hydrogens (primary N) is 1. The highest BCUT2D eigenvalue weighted by molar-refractivity contribution is 5.90. The van der Waals surface area contributed by atoms with Crippen LogP contribution in [0.15, 0.2) is 18.2 Å². The highest BCUT2D eigenvalue weighted by Crippen LogP contribution is 2.34. The Morgan fingerprint density at radius 2 is 2.09 bits per heavy atom. The second kappa shape index (κ2) is 6.16. The van der Waals surface area contributed by atoms with Gasteiger partial charge in [0.05, 0.1) is 6.54 Å². The fraction of sp³-hybridized carbons (Fsp3) is 0.588. The van der Waals surface area contributed by atoms with Gasteiger partial charge in [-0.05, 0) is 56.0 Å².